The van der Waals surface area contributed by atoms with E-state index in [2.05, 4.69) is 0 Å². The van der Waals surface area contributed by atoms with Crippen molar-refractivity contribution in [2.45, 2.75) is 36.7 Å². The maximum atomic E-state index is 12.7. The summed E-state index contributed by atoms with van der Waals surface area (Å²) < 4.78 is 29.4. The fourth-order valence-electron chi connectivity index (χ4n) is 2.69. The van der Waals surface area contributed by atoms with Gasteiger partial charge >= 0.3 is 7.60 Å². The van der Waals surface area contributed by atoms with Gasteiger partial charge in [-0.2, -0.15) is 0 Å². The van der Waals surface area contributed by atoms with Crippen LogP contribution in [0.5, 0.6) is 0 Å². The number of aliphatic hydroxyl groups is 1. The molecule has 0 spiro atoms. The Kier molecular flexibility index (Phi) is 7.60. The highest BCUT2D eigenvalue weighted by atomic mass is 32.2. The molecule has 7 heteroatoms. The van der Waals surface area contributed by atoms with Gasteiger partial charge in [0.2, 0.25) is 0 Å². The Morgan fingerprint density at radius 1 is 1.26 bits per heavy atom. The molecule has 1 saturated heterocycles. The molecule has 1 aromatic carbocycles. The van der Waals surface area contributed by atoms with Crippen LogP contribution in [0.15, 0.2) is 35.2 Å². The van der Waals surface area contributed by atoms with Gasteiger partial charge in [0.15, 0.2) is 0 Å². The Bertz CT molecular complexity index is 502. The number of thioether (sulfide) groups is 1. The second-order valence-corrected chi connectivity index (χ2v) is 8.68. The first kappa shape index (κ1) is 19.0. The third-order valence-electron chi connectivity index (χ3n) is 3.65. The number of benzene rings is 1. The third kappa shape index (κ3) is 5.59. The summed E-state index contributed by atoms with van der Waals surface area (Å²) in [5.74, 6) is -0.0369. The van der Waals surface area contributed by atoms with E-state index < -0.39 is 7.60 Å². The first-order valence-electron chi connectivity index (χ1n) is 7.96. The molecule has 0 radical (unpaired) electrons. The fraction of sp³-hybridized carbons (Fsp3) is 0.625. The summed E-state index contributed by atoms with van der Waals surface area (Å²) in [6.45, 7) is 4.20. The van der Waals surface area contributed by atoms with Crippen LogP contribution in [0, 0.1) is 5.92 Å². The molecule has 1 aliphatic heterocycles. The number of ether oxygens (including phenoxy) is 1. The predicted molar refractivity (Wildman–Crippen MR) is 91.9 cm³/mol. The number of aliphatic hydroxyl groups excluding tert-OH is 1. The molecule has 23 heavy (non-hydrogen) atoms. The second-order valence-electron chi connectivity index (χ2n) is 5.34. The van der Waals surface area contributed by atoms with Crippen molar-refractivity contribution in [2.75, 3.05) is 26.0 Å². The van der Waals surface area contributed by atoms with Crippen LogP contribution >= 0.6 is 19.4 Å². The summed E-state index contributed by atoms with van der Waals surface area (Å²) in [6, 6.07) is 9.99. The highest BCUT2D eigenvalue weighted by molar-refractivity contribution is 7.99. The van der Waals surface area contributed by atoms with Gasteiger partial charge in [-0.05, 0) is 32.4 Å². The van der Waals surface area contributed by atoms with Crippen molar-refractivity contribution in [1.82, 2.24) is 0 Å². The number of hydrogen-bond acceptors (Lipinski definition) is 6. The quantitative estimate of drug-likeness (QED) is 0.676. The van der Waals surface area contributed by atoms with E-state index in [4.69, 9.17) is 13.8 Å². The molecule has 1 N–H and O–H groups in total. The topological polar surface area (TPSA) is 65.0 Å². The molecule has 1 heterocycles. The van der Waals surface area contributed by atoms with E-state index in [0.717, 1.165) is 11.3 Å². The minimum atomic E-state index is -3.13. The van der Waals surface area contributed by atoms with Gasteiger partial charge in [-0.3, -0.25) is 4.57 Å². The standard InChI is InChI=1S/C16H25O5PS/c1-3-19-22(18,20-4-2)12-13-10-16(21-15(13)11-17)23-14-8-6-5-7-9-14/h5-9,13,15-17H,3-4,10-12H2,1-2H3/t13-,15-,16?/m1/s1. The maximum Gasteiger partial charge on any atom is 0.331 e. The summed E-state index contributed by atoms with van der Waals surface area (Å²) in [4.78, 5) is 1.12. The van der Waals surface area contributed by atoms with Crippen molar-refractivity contribution in [3.63, 3.8) is 0 Å². The van der Waals surface area contributed by atoms with E-state index in [1.807, 2.05) is 30.3 Å². The van der Waals surface area contributed by atoms with E-state index in [1.165, 1.54) is 0 Å². The van der Waals surface area contributed by atoms with Crippen molar-refractivity contribution >= 4 is 19.4 Å². The van der Waals surface area contributed by atoms with Crippen molar-refractivity contribution in [1.29, 1.82) is 0 Å². The Labute approximate surface area is 142 Å². The molecule has 1 aliphatic rings. The summed E-state index contributed by atoms with van der Waals surface area (Å²) in [5.41, 5.74) is -0.0590. The average Bonchev–Trinajstić information content (AvgIpc) is 2.89. The summed E-state index contributed by atoms with van der Waals surface area (Å²) in [5, 5.41) is 9.57. The van der Waals surface area contributed by atoms with Crippen LogP contribution in [0.4, 0.5) is 0 Å². The van der Waals surface area contributed by atoms with Crippen molar-refractivity contribution in [3.8, 4) is 0 Å². The Balaban J connectivity index is 1.99. The van der Waals surface area contributed by atoms with Gasteiger partial charge in [0.25, 0.3) is 0 Å². The third-order valence-corrected chi connectivity index (χ3v) is 6.98. The van der Waals surface area contributed by atoms with Gasteiger partial charge in [-0.1, -0.05) is 30.0 Å². The van der Waals surface area contributed by atoms with Crippen LogP contribution in [-0.4, -0.2) is 42.6 Å². The first-order chi connectivity index (χ1) is 11.1. The molecular formula is C16H25O5PS. The summed E-state index contributed by atoms with van der Waals surface area (Å²) in [6.07, 6.45) is 0.672. The Hall–Kier alpha value is -0.360. The van der Waals surface area contributed by atoms with Gasteiger partial charge in [0.05, 0.1) is 32.1 Å². The lowest BCUT2D eigenvalue weighted by Crippen LogP contribution is -2.24. The molecule has 0 amide bonds. The minimum Gasteiger partial charge on any atom is -0.394 e. The molecular weight excluding hydrogens is 335 g/mol. The van der Waals surface area contributed by atoms with E-state index in [1.54, 1.807) is 25.6 Å². The Morgan fingerprint density at radius 3 is 2.48 bits per heavy atom. The van der Waals surface area contributed by atoms with Crippen LogP contribution < -0.4 is 0 Å². The van der Waals surface area contributed by atoms with E-state index in [0.29, 0.717) is 13.2 Å². The molecule has 5 nitrogen and oxygen atoms in total. The average molecular weight is 360 g/mol. The van der Waals surface area contributed by atoms with Crippen LogP contribution in [0.2, 0.25) is 0 Å². The lowest BCUT2D eigenvalue weighted by Gasteiger charge is -2.22. The van der Waals surface area contributed by atoms with Crippen molar-refractivity contribution in [3.05, 3.63) is 30.3 Å². The molecule has 2 rings (SSSR count). The molecule has 130 valence electrons. The van der Waals surface area contributed by atoms with Gasteiger partial charge in [0.1, 0.15) is 5.44 Å². The molecule has 3 atom stereocenters. The summed E-state index contributed by atoms with van der Waals surface area (Å²) >= 11 is 1.62. The van der Waals surface area contributed by atoms with Crippen molar-refractivity contribution in [2.24, 2.45) is 5.92 Å². The highest BCUT2D eigenvalue weighted by Crippen LogP contribution is 2.52. The van der Waals surface area contributed by atoms with Crippen LogP contribution in [0.3, 0.4) is 0 Å². The van der Waals surface area contributed by atoms with Gasteiger partial charge in [-0.25, -0.2) is 0 Å². The number of rotatable bonds is 9. The number of hydrogen-bond donors (Lipinski definition) is 1. The molecule has 0 saturated carbocycles. The maximum absolute atomic E-state index is 12.7. The van der Waals surface area contributed by atoms with Crippen molar-refractivity contribution < 1.29 is 23.5 Å². The Morgan fingerprint density at radius 2 is 1.91 bits per heavy atom. The van der Waals surface area contributed by atoms with E-state index in [-0.39, 0.29) is 30.2 Å². The van der Waals surface area contributed by atoms with Crippen LogP contribution in [0.1, 0.15) is 20.3 Å². The highest BCUT2D eigenvalue weighted by Gasteiger charge is 2.40. The molecule has 1 aromatic rings. The zero-order valence-electron chi connectivity index (χ0n) is 13.6. The van der Waals surface area contributed by atoms with Gasteiger partial charge < -0.3 is 18.9 Å². The largest absolute Gasteiger partial charge is 0.394 e. The predicted octanol–water partition coefficient (Wildman–Crippen LogP) is 3.77. The molecule has 1 fully saturated rings. The fourth-order valence-corrected chi connectivity index (χ4v) is 5.89. The molecule has 0 aromatic heterocycles. The smallest absolute Gasteiger partial charge is 0.331 e. The zero-order valence-corrected chi connectivity index (χ0v) is 15.3. The van der Waals surface area contributed by atoms with E-state index in [9.17, 15) is 9.67 Å². The monoisotopic (exact) mass is 360 g/mol. The zero-order chi connectivity index (χ0) is 16.7. The van der Waals surface area contributed by atoms with Crippen LogP contribution in [-0.2, 0) is 18.3 Å². The van der Waals surface area contributed by atoms with E-state index >= 15 is 0 Å². The first-order valence-corrected chi connectivity index (χ1v) is 10.6. The lowest BCUT2D eigenvalue weighted by molar-refractivity contribution is 0.0313. The minimum absolute atomic E-state index is 0.0369. The molecule has 0 bridgehead atoms. The van der Waals surface area contributed by atoms with Gasteiger partial charge in [-0.15, -0.1) is 0 Å². The second kappa shape index (κ2) is 9.21. The normalized spacial score (nSPS) is 24.9. The summed E-state index contributed by atoms with van der Waals surface area (Å²) in [7, 11) is -3.13. The molecule has 0 aliphatic carbocycles. The van der Waals surface area contributed by atoms with Crippen LogP contribution in [0.25, 0.3) is 0 Å². The van der Waals surface area contributed by atoms with Gasteiger partial charge in [0, 0.05) is 10.8 Å². The lowest BCUT2D eigenvalue weighted by atomic mass is 10.1. The molecule has 1 unspecified atom stereocenters. The SMILES string of the molecule is CCOP(=O)(C[C@H]1CC(Sc2ccccc2)O[C@@H]1CO)OCC.